The zero-order valence-corrected chi connectivity index (χ0v) is 21.1. The highest BCUT2D eigenvalue weighted by Gasteiger charge is 2.56. The number of rotatable bonds is 12. The summed E-state index contributed by atoms with van der Waals surface area (Å²) in [6.45, 7) is 7.82. The van der Waals surface area contributed by atoms with E-state index in [1.165, 1.54) is 0 Å². The van der Waals surface area contributed by atoms with Gasteiger partial charge in [0.1, 0.15) is 11.8 Å². The van der Waals surface area contributed by atoms with Gasteiger partial charge in [-0.2, -0.15) is 0 Å². The number of amides is 2. The quantitative estimate of drug-likeness (QED) is 0.434. The normalized spacial score (nSPS) is 19.8. The van der Waals surface area contributed by atoms with E-state index in [1.54, 1.807) is 0 Å². The van der Waals surface area contributed by atoms with Gasteiger partial charge in [-0.3, -0.25) is 14.4 Å². The fourth-order valence-electron chi connectivity index (χ4n) is 4.66. The van der Waals surface area contributed by atoms with Crippen molar-refractivity contribution in [2.75, 3.05) is 0 Å². The van der Waals surface area contributed by atoms with Crippen molar-refractivity contribution in [2.24, 2.45) is 17.8 Å². The summed E-state index contributed by atoms with van der Waals surface area (Å²) in [4.78, 5) is 38.5. The van der Waals surface area contributed by atoms with E-state index in [1.807, 2.05) is 88.4 Å². The molecule has 2 aromatic carbocycles. The first-order valence-corrected chi connectivity index (χ1v) is 12.6. The first-order chi connectivity index (χ1) is 16.7. The molecule has 2 amide bonds. The van der Waals surface area contributed by atoms with Gasteiger partial charge in [-0.15, -0.1) is 0 Å². The lowest BCUT2D eigenvalue weighted by Crippen LogP contribution is -2.55. The second kappa shape index (κ2) is 12.1. The van der Waals surface area contributed by atoms with Gasteiger partial charge in [-0.05, 0) is 35.8 Å². The molecule has 6 heteroatoms. The van der Waals surface area contributed by atoms with Crippen LogP contribution in [0.5, 0.6) is 0 Å². The van der Waals surface area contributed by atoms with E-state index in [-0.39, 0.29) is 41.8 Å². The molecule has 188 valence electrons. The summed E-state index contributed by atoms with van der Waals surface area (Å²) in [5, 5.41) is 17.0. The summed E-state index contributed by atoms with van der Waals surface area (Å²) in [5.41, 5.74) is 1.95. The largest absolute Gasteiger partial charge is 0.390 e. The average molecular weight is 479 g/mol. The fraction of sp³-hybridized carbons (Fsp3) is 0.483. The molecular weight excluding hydrogens is 440 g/mol. The first-order valence-electron chi connectivity index (χ1n) is 12.6. The third kappa shape index (κ3) is 7.25. The Labute approximate surface area is 208 Å². The summed E-state index contributed by atoms with van der Waals surface area (Å²) >= 11 is 0. The van der Waals surface area contributed by atoms with Crippen LogP contribution < -0.4 is 10.6 Å². The Bertz CT molecular complexity index is 990. The number of carbonyl (C=O) groups excluding carboxylic acids is 3. The van der Waals surface area contributed by atoms with E-state index >= 15 is 0 Å². The predicted molar refractivity (Wildman–Crippen MR) is 137 cm³/mol. The monoisotopic (exact) mass is 478 g/mol. The number of aliphatic hydroxyl groups is 1. The SMILES string of the molecule is CC(C)C[C@H](NC(=O)CCc1ccccc1)C(=O)N[C@@H](C(C)C)[C@@H](O)C1C(=O)C1c1ccccc1. The number of nitrogens with one attached hydrogen (secondary N) is 2. The highest BCUT2D eigenvalue weighted by atomic mass is 16.3. The smallest absolute Gasteiger partial charge is 0.242 e. The zero-order valence-electron chi connectivity index (χ0n) is 21.1. The van der Waals surface area contributed by atoms with Crippen molar-refractivity contribution in [3.63, 3.8) is 0 Å². The molecule has 0 saturated heterocycles. The van der Waals surface area contributed by atoms with Crippen molar-refractivity contribution < 1.29 is 19.5 Å². The molecule has 0 radical (unpaired) electrons. The number of ketones is 1. The van der Waals surface area contributed by atoms with Crippen LogP contribution in [0.15, 0.2) is 60.7 Å². The minimum absolute atomic E-state index is 0.00320. The highest BCUT2D eigenvalue weighted by Crippen LogP contribution is 2.46. The lowest BCUT2D eigenvalue weighted by atomic mass is 9.92. The van der Waals surface area contributed by atoms with Crippen molar-refractivity contribution in [1.82, 2.24) is 10.6 Å². The molecule has 2 aromatic rings. The van der Waals surface area contributed by atoms with Gasteiger partial charge in [0.05, 0.1) is 24.0 Å². The second-order valence-corrected chi connectivity index (χ2v) is 10.3. The molecule has 2 unspecified atom stereocenters. The summed E-state index contributed by atoms with van der Waals surface area (Å²) < 4.78 is 0. The number of carbonyl (C=O) groups is 3. The minimum atomic E-state index is -0.995. The van der Waals surface area contributed by atoms with Gasteiger partial charge in [-0.1, -0.05) is 88.4 Å². The summed E-state index contributed by atoms with van der Waals surface area (Å²) in [6.07, 6.45) is 0.377. The Hall–Kier alpha value is -2.99. The van der Waals surface area contributed by atoms with Crippen LogP contribution in [-0.4, -0.2) is 40.9 Å². The summed E-state index contributed by atoms with van der Waals surface area (Å²) in [7, 11) is 0. The van der Waals surface area contributed by atoms with Crippen molar-refractivity contribution in [3.05, 3.63) is 71.8 Å². The van der Waals surface area contributed by atoms with Crippen LogP contribution in [0, 0.1) is 17.8 Å². The maximum atomic E-state index is 13.3. The lowest BCUT2D eigenvalue weighted by molar-refractivity contribution is -0.130. The standard InChI is InChI=1S/C29H38N2O4/c1-18(2)17-22(30-23(32)16-15-20-11-7-5-8-12-20)29(35)31-26(19(3)4)28(34)25-24(27(25)33)21-13-9-6-10-14-21/h5-14,18-19,22,24-26,28,34H,15-17H2,1-4H3,(H,30,32)(H,31,35)/t22-,24?,25?,26-,28-/m0/s1. The Morgan fingerprint density at radius 1 is 0.914 bits per heavy atom. The van der Waals surface area contributed by atoms with Crippen LogP contribution in [0.2, 0.25) is 0 Å². The molecule has 0 bridgehead atoms. The van der Waals surface area contributed by atoms with Gasteiger partial charge >= 0.3 is 0 Å². The molecule has 3 rings (SSSR count). The van der Waals surface area contributed by atoms with Gasteiger partial charge in [0.2, 0.25) is 11.8 Å². The highest BCUT2D eigenvalue weighted by molar-refractivity contribution is 6.05. The van der Waals surface area contributed by atoms with Crippen molar-refractivity contribution in [2.45, 2.75) is 71.1 Å². The number of aliphatic hydroxyl groups excluding tert-OH is 1. The second-order valence-electron chi connectivity index (χ2n) is 10.3. The van der Waals surface area contributed by atoms with Crippen molar-refractivity contribution in [3.8, 4) is 0 Å². The van der Waals surface area contributed by atoms with Gasteiger partial charge in [0.15, 0.2) is 0 Å². The van der Waals surface area contributed by atoms with Gasteiger partial charge < -0.3 is 15.7 Å². The van der Waals surface area contributed by atoms with Crippen LogP contribution in [0.3, 0.4) is 0 Å². The Kier molecular flexibility index (Phi) is 9.21. The maximum absolute atomic E-state index is 13.3. The van der Waals surface area contributed by atoms with Crippen LogP contribution >= 0.6 is 0 Å². The van der Waals surface area contributed by atoms with Crippen LogP contribution in [0.4, 0.5) is 0 Å². The molecule has 6 nitrogen and oxygen atoms in total. The van der Waals surface area contributed by atoms with E-state index in [9.17, 15) is 19.5 Å². The molecule has 1 saturated carbocycles. The fourth-order valence-corrected chi connectivity index (χ4v) is 4.66. The molecule has 35 heavy (non-hydrogen) atoms. The molecule has 0 aromatic heterocycles. The van der Waals surface area contributed by atoms with Crippen LogP contribution in [0.25, 0.3) is 0 Å². The number of benzene rings is 2. The van der Waals surface area contributed by atoms with Gasteiger partial charge in [-0.25, -0.2) is 0 Å². The summed E-state index contributed by atoms with van der Waals surface area (Å²) in [6, 6.07) is 17.9. The third-order valence-electron chi connectivity index (χ3n) is 6.65. The third-order valence-corrected chi connectivity index (χ3v) is 6.65. The number of hydrogen-bond acceptors (Lipinski definition) is 4. The number of hydrogen-bond donors (Lipinski definition) is 3. The van der Waals surface area contributed by atoms with E-state index in [4.69, 9.17) is 0 Å². The Morgan fingerprint density at radius 2 is 1.51 bits per heavy atom. The van der Waals surface area contributed by atoms with Crippen LogP contribution in [-0.2, 0) is 20.8 Å². The van der Waals surface area contributed by atoms with Crippen molar-refractivity contribution >= 4 is 17.6 Å². The van der Waals surface area contributed by atoms with E-state index < -0.39 is 24.1 Å². The molecular formula is C29H38N2O4. The van der Waals surface area contributed by atoms with E-state index in [0.29, 0.717) is 12.8 Å². The molecule has 0 spiro atoms. The van der Waals surface area contributed by atoms with Gasteiger partial charge in [0, 0.05) is 6.42 Å². The van der Waals surface area contributed by atoms with Crippen molar-refractivity contribution in [1.29, 1.82) is 0 Å². The Balaban J connectivity index is 1.63. The lowest BCUT2D eigenvalue weighted by Gasteiger charge is -2.30. The van der Waals surface area contributed by atoms with E-state index in [0.717, 1.165) is 11.1 Å². The first kappa shape index (κ1) is 26.6. The predicted octanol–water partition coefficient (Wildman–Crippen LogP) is 3.63. The zero-order chi connectivity index (χ0) is 25.5. The van der Waals surface area contributed by atoms with E-state index in [2.05, 4.69) is 10.6 Å². The Morgan fingerprint density at radius 3 is 2.09 bits per heavy atom. The number of aryl methyl sites for hydroxylation is 1. The molecule has 1 aliphatic rings. The molecule has 5 atom stereocenters. The molecule has 3 N–H and O–H groups in total. The topological polar surface area (TPSA) is 95.5 Å². The van der Waals surface area contributed by atoms with Gasteiger partial charge in [0.25, 0.3) is 0 Å². The molecule has 0 heterocycles. The molecule has 1 aliphatic carbocycles. The van der Waals surface area contributed by atoms with Crippen LogP contribution in [0.1, 0.15) is 57.6 Å². The molecule has 0 aliphatic heterocycles. The summed E-state index contributed by atoms with van der Waals surface area (Å²) in [5.74, 6) is -1.28. The maximum Gasteiger partial charge on any atom is 0.242 e. The number of Topliss-reactive ketones (excluding diaryl/α,β-unsaturated/α-hetero) is 1. The average Bonchev–Trinajstić information content (AvgIpc) is 3.51. The molecule has 1 fully saturated rings. The minimum Gasteiger partial charge on any atom is -0.390 e.